The number of halogens is 2. The summed E-state index contributed by atoms with van der Waals surface area (Å²) in [6, 6.07) is 3.12. The fraction of sp³-hybridized carbons (Fsp3) is 0.188. The van der Waals surface area contributed by atoms with Crippen molar-refractivity contribution in [1.82, 2.24) is 14.8 Å². The SMILES string of the molecule is Cc1nn(C)c(=O)c(-c2c(Cl)ccc(Cl)c2OCc2cncs2)c1O. The zero-order chi connectivity index (χ0) is 18.1. The van der Waals surface area contributed by atoms with Gasteiger partial charge < -0.3 is 9.84 Å². The number of hydrogen-bond donors (Lipinski definition) is 1. The number of aromatic nitrogens is 3. The Morgan fingerprint density at radius 3 is 2.68 bits per heavy atom. The van der Waals surface area contributed by atoms with E-state index in [-0.39, 0.29) is 39.3 Å². The van der Waals surface area contributed by atoms with E-state index >= 15 is 0 Å². The Labute approximate surface area is 157 Å². The van der Waals surface area contributed by atoms with Gasteiger partial charge in [-0.1, -0.05) is 23.2 Å². The van der Waals surface area contributed by atoms with Gasteiger partial charge in [0.1, 0.15) is 18.1 Å². The summed E-state index contributed by atoms with van der Waals surface area (Å²) in [6.07, 6.45) is 1.68. The van der Waals surface area contributed by atoms with Gasteiger partial charge in [-0.2, -0.15) is 5.10 Å². The number of nitrogens with zero attached hydrogens (tertiary/aromatic N) is 3. The molecule has 1 aromatic carbocycles. The third kappa shape index (κ3) is 3.35. The minimum Gasteiger partial charge on any atom is -0.505 e. The van der Waals surface area contributed by atoms with E-state index in [0.717, 1.165) is 9.56 Å². The predicted molar refractivity (Wildman–Crippen MR) is 97.8 cm³/mol. The second-order valence-electron chi connectivity index (χ2n) is 5.23. The van der Waals surface area contributed by atoms with E-state index in [0.29, 0.717) is 5.69 Å². The summed E-state index contributed by atoms with van der Waals surface area (Å²) in [6.45, 7) is 1.80. The molecule has 130 valence electrons. The minimum atomic E-state index is -0.505. The Kier molecular flexibility index (Phi) is 4.99. The highest BCUT2D eigenvalue weighted by molar-refractivity contribution is 7.09. The second kappa shape index (κ2) is 7.03. The van der Waals surface area contributed by atoms with Gasteiger partial charge >= 0.3 is 0 Å². The van der Waals surface area contributed by atoms with Crippen molar-refractivity contribution in [2.45, 2.75) is 13.5 Å². The monoisotopic (exact) mass is 397 g/mol. The quantitative estimate of drug-likeness (QED) is 0.724. The summed E-state index contributed by atoms with van der Waals surface area (Å²) in [5.41, 5.74) is 1.72. The van der Waals surface area contributed by atoms with Crippen LogP contribution in [0.2, 0.25) is 10.0 Å². The molecule has 25 heavy (non-hydrogen) atoms. The normalized spacial score (nSPS) is 10.9. The number of ether oxygens (including phenoxy) is 1. The Morgan fingerprint density at radius 2 is 2.00 bits per heavy atom. The van der Waals surface area contributed by atoms with Crippen LogP contribution in [0.3, 0.4) is 0 Å². The van der Waals surface area contributed by atoms with E-state index in [1.54, 1.807) is 30.8 Å². The summed E-state index contributed by atoms with van der Waals surface area (Å²) < 4.78 is 6.95. The van der Waals surface area contributed by atoms with Gasteiger partial charge in [-0.05, 0) is 19.1 Å². The molecule has 0 amide bonds. The number of thiazole rings is 1. The number of aromatic hydroxyl groups is 1. The van der Waals surface area contributed by atoms with Crippen molar-refractivity contribution in [1.29, 1.82) is 0 Å². The van der Waals surface area contributed by atoms with E-state index < -0.39 is 5.56 Å². The fourth-order valence-electron chi connectivity index (χ4n) is 2.35. The Bertz CT molecular complexity index is 987. The van der Waals surface area contributed by atoms with Gasteiger partial charge in [0.2, 0.25) is 0 Å². The van der Waals surface area contributed by atoms with E-state index in [1.165, 1.54) is 18.4 Å². The molecule has 3 aromatic rings. The van der Waals surface area contributed by atoms with Crippen LogP contribution in [-0.4, -0.2) is 19.9 Å². The van der Waals surface area contributed by atoms with Gasteiger partial charge in [0.25, 0.3) is 5.56 Å². The van der Waals surface area contributed by atoms with Gasteiger partial charge in [-0.3, -0.25) is 9.78 Å². The van der Waals surface area contributed by atoms with Crippen LogP contribution in [0.4, 0.5) is 0 Å². The van der Waals surface area contributed by atoms with Crippen molar-refractivity contribution in [2.24, 2.45) is 7.05 Å². The Morgan fingerprint density at radius 1 is 1.28 bits per heavy atom. The van der Waals surface area contributed by atoms with E-state index in [1.807, 2.05) is 0 Å². The maximum Gasteiger partial charge on any atom is 0.278 e. The molecule has 6 nitrogen and oxygen atoms in total. The van der Waals surface area contributed by atoms with Crippen molar-refractivity contribution in [3.8, 4) is 22.6 Å². The van der Waals surface area contributed by atoms with Crippen LogP contribution in [0.1, 0.15) is 10.6 Å². The largest absolute Gasteiger partial charge is 0.505 e. The molecule has 0 unspecified atom stereocenters. The second-order valence-corrected chi connectivity index (χ2v) is 7.01. The minimum absolute atomic E-state index is 0.00167. The molecule has 2 aromatic heterocycles. The smallest absolute Gasteiger partial charge is 0.278 e. The van der Waals surface area contributed by atoms with Gasteiger partial charge in [0, 0.05) is 13.2 Å². The fourth-order valence-corrected chi connectivity index (χ4v) is 3.31. The average Bonchev–Trinajstić information content (AvgIpc) is 3.09. The first-order valence-corrected chi connectivity index (χ1v) is 8.79. The summed E-state index contributed by atoms with van der Waals surface area (Å²) >= 11 is 14.0. The topological polar surface area (TPSA) is 77.2 Å². The molecule has 0 atom stereocenters. The maximum absolute atomic E-state index is 12.6. The van der Waals surface area contributed by atoms with Crippen LogP contribution in [-0.2, 0) is 13.7 Å². The molecule has 0 fully saturated rings. The summed E-state index contributed by atoms with van der Waals surface area (Å²) in [4.78, 5) is 17.4. The summed E-state index contributed by atoms with van der Waals surface area (Å²) in [5.74, 6) is -0.0320. The van der Waals surface area contributed by atoms with Crippen LogP contribution in [0.15, 0.2) is 28.6 Å². The Hall–Kier alpha value is -2.09. The zero-order valence-corrected chi connectivity index (χ0v) is 15.6. The number of benzene rings is 1. The standard InChI is InChI=1S/C16H13Cl2N3O3S/c1-8-14(22)13(16(23)21(2)20-8)12-10(17)3-4-11(18)15(12)24-6-9-5-19-7-25-9/h3-5,7,22H,6H2,1-2H3. The Balaban J connectivity index is 2.20. The van der Waals surface area contributed by atoms with Crippen molar-refractivity contribution in [3.05, 3.63) is 54.8 Å². The molecule has 0 saturated heterocycles. The van der Waals surface area contributed by atoms with Crippen molar-refractivity contribution >= 4 is 34.5 Å². The molecule has 0 aliphatic rings. The molecule has 0 aliphatic heterocycles. The molecule has 9 heteroatoms. The van der Waals surface area contributed by atoms with Crippen molar-refractivity contribution in [3.63, 3.8) is 0 Å². The number of hydrogen-bond acceptors (Lipinski definition) is 6. The number of aryl methyl sites for hydroxylation is 2. The van der Waals surface area contributed by atoms with Crippen molar-refractivity contribution < 1.29 is 9.84 Å². The lowest BCUT2D eigenvalue weighted by Gasteiger charge is -2.16. The van der Waals surface area contributed by atoms with Crippen LogP contribution in [0, 0.1) is 6.92 Å². The summed E-state index contributed by atoms with van der Waals surface area (Å²) in [5, 5.41) is 14.9. The third-order valence-corrected chi connectivity index (χ3v) is 4.90. The molecule has 0 aliphatic carbocycles. The first kappa shape index (κ1) is 17.7. The molecule has 0 saturated carbocycles. The van der Waals surface area contributed by atoms with Crippen LogP contribution >= 0.6 is 34.5 Å². The van der Waals surface area contributed by atoms with Gasteiger partial charge in [-0.25, -0.2) is 4.68 Å². The van der Waals surface area contributed by atoms with E-state index in [4.69, 9.17) is 27.9 Å². The average molecular weight is 398 g/mol. The molecular formula is C16H13Cl2N3O3S. The third-order valence-electron chi connectivity index (χ3n) is 3.54. The zero-order valence-electron chi connectivity index (χ0n) is 13.3. The lowest BCUT2D eigenvalue weighted by atomic mass is 10.0. The lowest BCUT2D eigenvalue weighted by Crippen LogP contribution is -2.22. The lowest BCUT2D eigenvalue weighted by molar-refractivity contribution is 0.311. The molecule has 0 spiro atoms. The van der Waals surface area contributed by atoms with E-state index in [9.17, 15) is 9.90 Å². The highest BCUT2D eigenvalue weighted by Crippen LogP contribution is 2.43. The van der Waals surface area contributed by atoms with Gasteiger partial charge in [0.05, 0.1) is 31.6 Å². The van der Waals surface area contributed by atoms with Gasteiger partial charge in [0.15, 0.2) is 5.75 Å². The molecule has 0 radical (unpaired) electrons. The van der Waals surface area contributed by atoms with E-state index in [2.05, 4.69) is 10.1 Å². The highest BCUT2D eigenvalue weighted by atomic mass is 35.5. The number of rotatable bonds is 4. The van der Waals surface area contributed by atoms with Crippen LogP contribution < -0.4 is 10.3 Å². The summed E-state index contributed by atoms with van der Waals surface area (Å²) in [7, 11) is 1.49. The van der Waals surface area contributed by atoms with Crippen LogP contribution in [0.5, 0.6) is 11.5 Å². The first-order chi connectivity index (χ1) is 11.9. The molecule has 3 rings (SSSR count). The van der Waals surface area contributed by atoms with Crippen molar-refractivity contribution in [2.75, 3.05) is 0 Å². The van der Waals surface area contributed by atoms with Crippen LogP contribution in [0.25, 0.3) is 11.1 Å². The molecular weight excluding hydrogens is 385 g/mol. The van der Waals surface area contributed by atoms with Gasteiger partial charge in [-0.15, -0.1) is 11.3 Å². The molecule has 0 bridgehead atoms. The highest BCUT2D eigenvalue weighted by Gasteiger charge is 2.23. The molecule has 1 N–H and O–H groups in total. The maximum atomic E-state index is 12.6. The first-order valence-electron chi connectivity index (χ1n) is 7.15. The predicted octanol–water partition coefficient (Wildman–Crippen LogP) is 3.80. The molecule has 2 heterocycles.